The highest BCUT2D eigenvalue weighted by Crippen LogP contribution is 2.11. The second-order valence-corrected chi connectivity index (χ2v) is 4.98. The summed E-state index contributed by atoms with van der Waals surface area (Å²) in [4.78, 5) is 12.3. The van der Waals surface area contributed by atoms with Crippen molar-refractivity contribution in [2.75, 3.05) is 0 Å². The van der Waals surface area contributed by atoms with Crippen LogP contribution in [0, 0.1) is 0 Å². The van der Waals surface area contributed by atoms with E-state index in [1.165, 1.54) is 4.52 Å². The van der Waals surface area contributed by atoms with Crippen molar-refractivity contribution in [2.45, 2.75) is 32.9 Å². The summed E-state index contributed by atoms with van der Waals surface area (Å²) in [6, 6.07) is 3.13. The molecular formula is C13H16N8O. The van der Waals surface area contributed by atoms with E-state index in [2.05, 4.69) is 38.0 Å². The first-order valence-corrected chi connectivity index (χ1v) is 7.05. The Balaban J connectivity index is 1.76. The first-order chi connectivity index (χ1) is 10.7. The van der Waals surface area contributed by atoms with E-state index in [0.29, 0.717) is 11.2 Å². The van der Waals surface area contributed by atoms with Crippen molar-refractivity contribution in [3.63, 3.8) is 0 Å². The molecule has 9 heteroatoms. The number of fused-ring (bicyclic) bond motifs is 1. The Labute approximate surface area is 126 Å². The lowest BCUT2D eigenvalue weighted by molar-refractivity contribution is 0.0937. The number of nitrogens with zero attached hydrogens (tertiary/aromatic N) is 7. The fraction of sp³-hybridized carbons (Fsp3) is 0.385. The van der Waals surface area contributed by atoms with Gasteiger partial charge in [-0.05, 0) is 35.9 Å². The Hall–Kier alpha value is -2.84. The SMILES string of the molecule is CCCn1cnnc1C(C)NC(=O)c1ccc2nnnn2c1. The standard InChI is InChI=1S/C13H16N8O/c1-3-6-20-8-14-17-12(20)9(2)15-13(22)10-4-5-11-16-18-19-21(11)7-10/h4-5,7-9H,3,6H2,1-2H3,(H,15,22). The fourth-order valence-electron chi connectivity index (χ4n) is 2.23. The maximum absolute atomic E-state index is 12.3. The summed E-state index contributed by atoms with van der Waals surface area (Å²) < 4.78 is 3.40. The van der Waals surface area contributed by atoms with Crippen LogP contribution in [0.1, 0.15) is 42.5 Å². The molecule has 3 rings (SSSR count). The number of nitrogens with one attached hydrogen (secondary N) is 1. The van der Waals surface area contributed by atoms with Gasteiger partial charge < -0.3 is 9.88 Å². The van der Waals surface area contributed by atoms with E-state index in [-0.39, 0.29) is 11.9 Å². The predicted molar refractivity (Wildman–Crippen MR) is 77.0 cm³/mol. The van der Waals surface area contributed by atoms with Gasteiger partial charge in [-0.25, -0.2) is 0 Å². The summed E-state index contributed by atoms with van der Waals surface area (Å²) >= 11 is 0. The zero-order chi connectivity index (χ0) is 15.5. The molecular weight excluding hydrogens is 284 g/mol. The molecule has 1 unspecified atom stereocenters. The first-order valence-electron chi connectivity index (χ1n) is 7.05. The van der Waals surface area contributed by atoms with E-state index >= 15 is 0 Å². The summed E-state index contributed by atoms with van der Waals surface area (Å²) in [6.07, 6.45) is 4.24. The monoisotopic (exact) mass is 300 g/mol. The average Bonchev–Trinajstić information content (AvgIpc) is 3.15. The van der Waals surface area contributed by atoms with Gasteiger partial charge in [-0.1, -0.05) is 6.92 Å². The lowest BCUT2D eigenvalue weighted by Crippen LogP contribution is -2.29. The Morgan fingerprint density at radius 2 is 2.23 bits per heavy atom. The van der Waals surface area contributed by atoms with Gasteiger partial charge in [0.1, 0.15) is 6.33 Å². The van der Waals surface area contributed by atoms with Crippen LogP contribution in [-0.4, -0.2) is 40.7 Å². The third kappa shape index (κ3) is 2.65. The minimum atomic E-state index is -0.244. The molecule has 1 amide bonds. The van der Waals surface area contributed by atoms with Crippen LogP contribution < -0.4 is 5.32 Å². The molecule has 0 aromatic carbocycles. The molecule has 0 radical (unpaired) electrons. The third-order valence-electron chi connectivity index (χ3n) is 3.30. The van der Waals surface area contributed by atoms with Crippen molar-refractivity contribution in [2.24, 2.45) is 0 Å². The molecule has 0 aliphatic heterocycles. The molecule has 3 heterocycles. The molecule has 0 bridgehead atoms. The number of carbonyl (C=O) groups excluding carboxylic acids is 1. The highest BCUT2D eigenvalue weighted by Gasteiger charge is 2.17. The molecule has 22 heavy (non-hydrogen) atoms. The largest absolute Gasteiger partial charge is 0.342 e. The van der Waals surface area contributed by atoms with Gasteiger partial charge in [0, 0.05) is 12.7 Å². The number of aryl methyl sites for hydroxylation is 1. The van der Waals surface area contributed by atoms with E-state index in [9.17, 15) is 4.79 Å². The van der Waals surface area contributed by atoms with Gasteiger partial charge in [-0.2, -0.15) is 4.52 Å². The fourth-order valence-corrected chi connectivity index (χ4v) is 2.23. The van der Waals surface area contributed by atoms with Crippen molar-refractivity contribution in [3.8, 4) is 0 Å². The molecule has 0 saturated heterocycles. The lowest BCUT2D eigenvalue weighted by Gasteiger charge is -2.14. The molecule has 0 spiro atoms. The maximum atomic E-state index is 12.3. The predicted octanol–water partition coefficient (Wildman–Crippen LogP) is 0.617. The topological polar surface area (TPSA) is 103 Å². The van der Waals surface area contributed by atoms with Crippen LogP contribution in [0.5, 0.6) is 0 Å². The third-order valence-corrected chi connectivity index (χ3v) is 3.30. The molecule has 1 atom stereocenters. The molecule has 9 nitrogen and oxygen atoms in total. The molecule has 3 aromatic rings. The molecule has 0 saturated carbocycles. The quantitative estimate of drug-likeness (QED) is 0.741. The van der Waals surface area contributed by atoms with Gasteiger partial charge in [0.05, 0.1) is 11.6 Å². The molecule has 3 aromatic heterocycles. The van der Waals surface area contributed by atoms with Crippen molar-refractivity contribution in [1.29, 1.82) is 0 Å². The summed E-state index contributed by atoms with van der Waals surface area (Å²) in [5.74, 6) is 0.523. The van der Waals surface area contributed by atoms with Crippen molar-refractivity contribution in [3.05, 3.63) is 36.0 Å². The van der Waals surface area contributed by atoms with Crippen LogP contribution in [0.15, 0.2) is 24.7 Å². The Morgan fingerprint density at radius 3 is 3.05 bits per heavy atom. The number of amides is 1. The maximum Gasteiger partial charge on any atom is 0.253 e. The minimum absolute atomic E-state index is 0.212. The van der Waals surface area contributed by atoms with E-state index < -0.39 is 0 Å². The molecule has 0 aliphatic rings. The van der Waals surface area contributed by atoms with Gasteiger partial charge in [0.2, 0.25) is 0 Å². The first kappa shape index (κ1) is 14.1. The van der Waals surface area contributed by atoms with Crippen LogP contribution in [0.25, 0.3) is 5.65 Å². The number of hydrogen-bond acceptors (Lipinski definition) is 6. The second-order valence-electron chi connectivity index (χ2n) is 4.98. The molecule has 1 N–H and O–H groups in total. The van der Waals surface area contributed by atoms with Crippen LogP contribution in [0.2, 0.25) is 0 Å². The average molecular weight is 300 g/mol. The number of aromatic nitrogens is 7. The summed E-state index contributed by atoms with van der Waals surface area (Å²) in [5.41, 5.74) is 1.07. The lowest BCUT2D eigenvalue weighted by atomic mass is 10.2. The van der Waals surface area contributed by atoms with Crippen molar-refractivity contribution >= 4 is 11.6 Å². The summed E-state index contributed by atoms with van der Waals surface area (Å²) in [7, 11) is 0. The Bertz CT molecular complexity index is 792. The van der Waals surface area contributed by atoms with E-state index in [4.69, 9.17) is 0 Å². The highest BCUT2D eigenvalue weighted by atomic mass is 16.1. The number of carbonyl (C=O) groups is 1. The van der Waals surface area contributed by atoms with E-state index in [1.807, 2.05) is 11.5 Å². The van der Waals surface area contributed by atoms with Gasteiger partial charge in [-0.3, -0.25) is 4.79 Å². The smallest absolute Gasteiger partial charge is 0.253 e. The normalized spacial score (nSPS) is 12.5. The zero-order valence-corrected chi connectivity index (χ0v) is 12.3. The van der Waals surface area contributed by atoms with Gasteiger partial charge in [-0.15, -0.1) is 15.3 Å². The summed E-state index contributed by atoms with van der Waals surface area (Å²) in [5, 5.41) is 22.0. The highest BCUT2D eigenvalue weighted by molar-refractivity contribution is 5.94. The van der Waals surface area contributed by atoms with Crippen molar-refractivity contribution < 1.29 is 4.79 Å². The Morgan fingerprint density at radius 1 is 1.36 bits per heavy atom. The molecule has 0 fully saturated rings. The Kier molecular flexibility index (Phi) is 3.77. The van der Waals surface area contributed by atoms with E-state index in [1.54, 1.807) is 24.7 Å². The summed E-state index contributed by atoms with van der Waals surface area (Å²) in [6.45, 7) is 4.77. The van der Waals surface area contributed by atoms with Crippen LogP contribution >= 0.6 is 0 Å². The van der Waals surface area contributed by atoms with Gasteiger partial charge >= 0.3 is 0 Å². The van der Waals surface area contributed by atoms with Crippen LogP contribution in [-0.2, 0) is 6.54 Å². The van der Waals surface area contributed by atoms with Crippen LogP contribution in [0.4, 0.5) is 0 Å². The second kappa shape index (κ2) is 5.88. The van der Waals surface area contributed by atoms with Gasteiger partial charge in [0.15, 0.2) is 11.5 Å². The zero-order valence-electron chi connectivity index (χ0n) is 12.3. The molecule has 0 aliphatic carbocycles. The van der Waals surface area contributed by atoms with Crippen LogP contribution in [0.3, 0.4) is 0 Å². The van der Waals surface area contributed by atoms with Gasteiger partial charge in [0.25, 0.3) is 5.91 Å². The minimum Gasteiger partial charge on any atom is -0.342 e. The van der Waals surface area contributed by atoms with E-state index in [0.717, 1.165) is 18.8 Å². The number of rotatable bonds is 5. The number of hydrogen-bond donors (Lipinski definition) is 1. The number of tetrazole rings is 1. The molecule has 114 valence electrons. The number of pyridine rings is 1. The van der Waals surface area contributed by atoms with Crippen molar-refractivity contribution in [1.82, 2.24) is 40.1 Å².